The predicted molar refractivity (Wildman–Crippen MR) is 128 cm³/mol. The third-order valence-electron chi connectivity index (χ3n) is 4.65. The number of hydrogen-bond donors (Lipinski definition) is 3. The molecule has 0 radical (unpaired) electrons. The van der Waals surface area contributed by atoms with E-state index in [1.54, 1.807) is 65.3 Å². The minimum Gasteiger partial charge on any atom is -0.508 e. The van der Waals surface area contributed by atoms with Crippen LogP contribution in [0.25, 0.3) is 0 Å². The van der Waals surface area contributed by atoms with Crippen LogP contribution in [-0.2, 0) is 0 Å². The Morgan fingerprint density at radius 1 is 1.06 bits per heavy atom. The Morgan fingerprint density at radius 2 is 1.84 bits per heavy atom. The molecule has 0 saturated heterocycles. The quantitative estimate of drug-likeness (QED) is 0.319. The van der Waals surface area contributed by atoms with Crippen molar-refractivity contribution in [2.24, 2.45) is 4.99 Å². The fourth-order valence-corrected chi connectivity index (χ4v) is 3.98. The number of anilines is 3. The van der Waals surface area contributed by atoms with Crippen LogP contribution in [0.15, 0.2) is 88.9 Å². The number of aliphatic imine (C=N–C) groups is 1. The summed E-state index contributed by atoms with van der Waals surface area (Å²) >= 11 is 7.95. The molecule has 0 bridgehead atoms. The molecule has 0 aliphatic carbocycles. The highest BCUT2D eigenvalue weighted by Crippen LogP contribution is 2.33. The van der Waals surface area contributed by atoms with Crippen LogP contribution in [0.5, 0.6) is 5.75 Å². The largest absolute Gasteiger partial charge is 0.508 e. The molecule has 5 nitrogen and oxygen atoms in total. The minimum absolute atomic E-state index is 0.155. The van der Waals surface area contributed by atoms with Gasteiger partial charge in [0.05, 0.1) is 16.4 Å². The normalized spacial score (nSPS) is 15.5. The van der Waals surface area contributed by atoms with Gasteiger partial charge in [-0.25, -0.2) is 9.38 Å². The highest BCUT2D eigenvalue weighted by molar-refractivity contribution is 7.98. The standard InChI is InChI=1S/C23H20ClFN4OS/c1-31-20-8-3-2-7-19(20)27-21-13-14-29(22-17(24)5-4-6-18(22)25)23(28-21)26-15-9-11-16(30)12-10-15/h2-14,23,26,30H,1H3,(H,27,28). The summed E-state index contributed by atoms with van der Waals surface area (Å²) < 4.78 is 14.7. The van der Waals surface area contributed by atoms with Crippen molar-refractivity contribution in [1.82, 2.24) is 0 Å². The van der Waals surface area contributed by atoms with E-state index in [2.05, 4.69) is 10.6 Å². The van der Waals surface area contributed by atoms with Gasteiger partial charge in [0.2, 0.25) is 6.29 Å². The number of halogens is 2. The van der Waals surface area contributed by atoms with Gasteiger partial charge in [0, 0.05) is 16.8 Å². The van der Waals surface area contributed by atoms with Crippen molar-refractivity contribution >= 4 is 46.3 Å². The molecule has 3 aromatic rings. The van der Waals surface area contributed by atoms with Gasteiger partial charge >= 0.3 is 0 Å². The maximum atomic E-state index is 14.7. The fraction of sp³-hybridized carbons (Fsp3) is 0.0870. The van der Waals surface area contributed by atoms with E-state index in [0.717, 1.165) is 10.6 Å². The van der Waals surface area contributed by atoms with Crippen molar-refractivity contribution in [1.29, 1.82) is 0 Å². The highest BCUT2D eigenvalue weighted by Gasteiger charge is 2.25. The van der Waals surface area contributed by atoms with E-state index in [-0.39, 0.29) is 16.5 Å². The molecule has 0 aromatic heterocycles. The molecule has 0 spiro atoms. The number of amidine groups is 1. The lowest BCUT2D eigenvalue weighted by molar-refractivity contribution is 0.475. The van der Waals surface area contributed by atoms with Crippen LogP contribution >= 0.6 is 23.4 Å². The van der Waals surface area contributed by atoms with Crippen molar-refractivity contribution in [3.63, 3.8) is 0 Å². The smallest absolute Gasteiger partial charge is 0.202 e. The van der Waals surface area contributed by atoms with Crippen molar-refractivity contribution in [2.75, 3.05) is 21.8 Å². The van der Waals surface area contributed by atoms with Crippen LogP contribution in [0.3, 0.4) is 0 Å². The molecular weight excluding hydrogens is 435 g/mol. The van der Waals surface area contributed by atoms with E-state index in [0.29, 0.717) is 11.5 Å². The van der Waals surface area contributed by atoms with Crippen LogP contribution in [-0.4, -0.2) is 23.5 Å². The molecule has 0 saturated carbocycles. The van der Waals surface area contributed by atoms with E-state index in [9.17, 15) is 9.50 Å². The second-order valence-electron chi connectivity index (χ2n) is 6.70. The van der Waals surface area contributed by atoms with Crippen molar-refractivity contribution in [3.8, 4) is 5.75 Å². The van der Waals surface area contributed by atoms with E-state index in [1.807, 2.05) is 30.5 Å². The molecule has 1 aliphatic heterocycles. The number of nitrogens with one attached hydrogen (secondary N) is 2. The lowest BCUT2D eigenvalue weighted by Gasteiger charge is -2.33. The molecule has 3 aromatic carbocycles. The van der Waals surface area contributed by atoms with Gasteiger partial charge in [0.25, 0.3) is 0 Å². The average molecular weight is 455 g/mol. The second-order valence-corrected chi connectivity index (χ2v) is 7.95. The monoisotopic (exact) mass is 454 g/mol. The molecule has 1 aliphatic rings. The number of aromatic hydroxyl groups is 1. The summed E-state index contributed by atoms with van der Waals surface area (Å²) in [5.41, 5.74) is 1.87. The van der Waals surface area contributed by atoms with Crippen molar-refractivity contribution in [2.45, 2.75) is 11.2 Å². The van der Waals surface area contributed by atoms with Gasteiger partial charge in [-0.2, -0.15) is 0 Å². The van der Waals surface area contributed by atoms with Crippen LogP contribution in [0.4, 0.5) is 21.5 Å². The number of benzene rings is 3. The third kappa shape index (κ3) is 4.78. The summed E-state index contributed by atoms with van der Waals surface area (Å²) in [4.78, 5) is 7.47. The number of phenolic OH excluding ortho intramolecular Hbond substituents is 1. The summed E-state index contributed by atoms with van der Waals surface area (Å²) in [6, 6.07) is 19.1. The maximum Gasteiger partial charge on any atom is 0.202 e. The summed E-state index contributed by atoms with van der Waals surface area (Å²) in [7, 11) is 0. The summed E-state index contributed by atoms with van der Waals surface area (Å²) in [5.74, 6) is 0.318. The topological polar surface area (TPSA) is 59.9 Å². The van der Waals surface area contributed by atoms with E-state index >= 15 is 0 Å². The Morgan fingerprint density at radius 3 is 2.58 bits per heavy atom. The second kappa shape index (κ2) is 9.32. The van der Waals surface area contributed by atoms with Crippen molar-refractivity contribution in [3.05, 3.63) is 89.8 Å². The van der Waals surface area contributed by atoms with Gasteiger partial charge in [-0.3, -0.25) is 0 Å². The third-order valence-corrected chi connectivity index (χ3v) is 5.75. The molecule has 158 valence electrons. The van der Waals surface area contributed by atoms with E-state index < -0.39 is 12.1 Å². The van der Waals surface area contributed by atoms with Crippen LogP contribution in [0, 0.1) is 5.82 Å². The Balaban J connectivity index is 1.68. The Hall–Kier alpha value is -3.16. The molecule has 0 amide bonds. The molecule has 3 N–H and O–H groups in total. The van der Waals surface area contributed by atoms with Crippen LogP contribution in [0.2, 0.25) is 5.02 Å². The van der Waals surface area contributed by atoms with Gasteiger partial charge in [0.15, 0.2) is 0 Å². The molecule has 8 heteroatoms. The Bertz CT molecular complexity index is 1120. The summed E-state index contributed by atoms with van der Waals surface area (Å²) in [6.45, 7) is 0. The first-order chi connectivity index (χ1) is 15.0. The fourth-order valence-electron chi connectivity index (χ4n) is 3.17. The highest BCUT2D eigenvalue weighted by atomic mass is 35.5. The molecule has 1 unspecified atom stereocenters. The zero-order valence-corrected chi connectivity index (χ0v) is 18.2. The number of phenols is 1. The molecule has 31 heavy (non-hydrogen) atoms. The minimum atomic E-state index is -0.673. The first-order valence-electron chi connectivity index (χ1n) is 9.49. The van der Waals surface area contributed by atoms with Crippen molar-refractivity contribution < 1.29 is 9.50 Å². The van der Waals surface area contributed by atoms with Gasteiger partial charge < -0.3 is 20.6 Å². The molecular formula is C23H20ClFN4OS. The Kier molecular flexibility index (Phi) is 6.34. The maximum absolute atomic E-state index is 14.7. The predicted octanol–water partition coefficient (Wildman–Crippen LogP) is 6.15. The van der Waals surface area contributed by atoms with Gasteiger partial charge in [-0.1, -0.05) is 29.8 Å². The molecule has 4 rings (SSSR count). The number of thioether (sulfide) groups is 1. The number of para-hydroxylation sites is 2. The molecule has 1 atom stereocenters. The number of nitrogens with zero attached hydrogens (tertiary/aromatic N) is 2. The van der Waals surface area contributed by atoms with Gasteiger partial charge in [-0.05, 0) is 60.9 Å². The number of rotatable bonds is 5. The average Bonchev–Trinajstić information content (AvgIpc) is 2.77. The first-order valence-corrected chi connectivity index (χ1v) is 11.1. The van der Waals surface area contributed by atoms with Gasteiger partial charge in [0.1, 0.15) is 17.4 Å². The molecule has 0 fully saturated rings. The zero-order chi connectivity index (χ0) is 21.8. The zero-order valence-electron chi connectivity index (χ0n) is 16.6. The van der Waals surface area contributed by atoms with Crippen LogP contribution in [0.1, 0.15) is 0 Å². The number of hydrogen-bond acceptors (Lipinski definition) is 6. The summed E-state index contributed by atoms with van der Waals surface area (Å²) in [6.07, 6.45) is 4.85. The Labute approximate surface area is 189 Å². The lowest BCUT2D eigenvalue weighted by atomic mass is 10.2. The summed E-state index contributed by atoms with van der Waals surface area (Å²) in [5, 5.41) is 16.4. The van der Waals surface area contributed by atoms with E-state index in [4.69, 9.17) is 16.6 Å². The lowest BCUT2D eigenvalue weighted by Crippen LogP contribution is -2.40. The van der Waals surface area contributed by atoms with E-state index in [1.165, 1.54) is 6.07 Å². The first kappa shape index (κ1) is 21.1. The SMILES string of the molecule is CSc1ccccc1NC1=NC(Nc2ccc(O)cc2)N(c2c(F)cccc2Cl)C=C1. The van der Waals surface area contributed by atoms with Gasteiger partial charge in [-0.15, -0.1) is 11.8 Å². The molecule has 1 heterocycles. The van der Waals surface area contributed by atoms with Crippen LogP contribution < -0.4 is 15.5 Å².